The van der Waals surface area contributed by atoms with Gasteiger partial charge in [-0.2, -0.15) is 0 Å². The molecule has 1 N–H and O–H groups in total. The average molecular weight is 367 g/mol. The molecule has 7 nitrogen and oxygen atoms in total. The monoisotopic (exact) mass is 367 g/mol. The normalized spacial score (nSPS) is 11.6. The number of nitrogens with one attached hydrogen (secondary N) is 1. The largest absolute Gasteiger partial charge is 0.461 e. The van der Waals surface area contributed by atoms with Crippen LogP contribution in [0.5, 0.6) is 0 Å². The molecule has 4 aromatic rings. The highest BCUT2D eigenvalue weighted by atomic mass is 16.3. The highest BCUT2D eigenvalue weighted by molar-refractivity contribution is 5.77. The van der Waals surface area contributed by atoms with Gasteiger partial charge in [0.2, 0.25) is 0 Å². The van der Waals surface area contributed by atoms with E-state index < -0.39 is 0 Å². The number of hydrogen-bond acceptors (Lipinski definition) is 5. The molecule has 0 fully saturated rings. The number of hydrogen-bond donors (Lipinski definition) is 1. The molecule has 0 radical (unpaired) electrons. The van der Waals surface area contributed by atoms with Crippen molar-refractivity contribution in [3.05, 3.63) is 68.9 Å². The van der Waals surface area contributed by atoms with Crippen molar-refractivity contribution in [1.29, 1.82) is 0 Å². The Hall–Kier alpha value is -3.06. The molecule has 0 saturated heterocycles. The minimum atomic E-state index is -0.0526. The van der Waals surface area contributed by atoms with Crippen LogP contribution in [0, 0.1) is 13.8 Å². The smallest absolute Gasteiger partial charge is 0.261 e. The number of fused-ring (bicyclic) bond motifs is 2. The lowest BCUT2D eigenvalue weighted by atomic mass is 10.3. The molecule has 4 aromatic heterocycles. The second-order valence-corrected chi connectivity index (χ2v) is 6.65. The van der Waals surface area contributed by atoms with Gasteiger partial charge in [0.25, 0.3) is 11.1 Å². The summed E-state index contributed by atoms with van der Waals surface area (Å²) in [5.74, 6) is 1.46. The van der Waals surface area contributed by atoms with Crippen LogP contribution >= 0.6 is 0 Å². The van der Waals surface area contributed by atoms with E-state index in [2.05, 4.69) is 5.32 Å². The second-order valence-electron chi connectivity index (χ2n) is 6.65. The Bertz CT molecular complexity index is 1130. The van der Waals surface area contributed by atoms with Crippen molar-refractivity contribution in [3.63, 3.8) is 0 Å². The van der Waals surface area contributed by atoms with E-state index in [0.717, 1.165) is 11.5 Å². The molecule has 4 rings (SSSR count). The minimum absolute atomic E-state index is 0.0526. The summed E-state index contributed by atoms with van der Waals surface area (Å²) in [5, 5.41) is 4.48. The van der Waals surface area contributed by atoms with E-state index in [1.807, 2.05) is 26.0 Å². The third kappa shape index (κ3) is 3.33. The van der Waals surface area contributed by atoms with Crippen molar-refractivity contribution in [2.75, 3.05) is 13.1 Å². The summed E-state index contributed by atoms with van der Waals surface area (Å²) in [6, 6.07) is 7.15. The van der Waals surface area contributed by atoms with Gasteiger partial charge in [0.1, 0.15) is 22.7 Å². The molecule has 0 saturated carbocycles. The zero-order valence-corrected chi connectivity index (χ0v) is 15.3. The maximum Gasteiger partial charge on any atom is 0.261 e. The van der Waals surface area contributed by atoms with Crippen molar-refractivity contribution < 1.29 is 8.83 Å². The van der Waals surface area contributed by atoms with Gasteiger partial charge in [-0.05, 0) is 38.1 Å². The molecule has 0 bridgehead atoms. The van der Waals surface area contributed by atoms with Gasteiger partial charge < -0.3 is 23.3 Å². The Morgan fingerprint density at radius 3 is 1.70 bits per heavy atom. The number of rotatable bonds is 6. The van der Waals surface area contributed by atoms with Crippen molar-refractivity contribution >= 4 is 21.9 Å². The van der Waals surface area contributed by atoms with Gasteiger partial charge in [-0.15, -0.1) is 0 Å². The number of aryl methyl sites for hydroxylation is 2. The second kappa shape index (κ2) is 6.92. The summed E-state index contributed by atoms with van der Waals surface area (Å²) in [4.78, 5) is 24.8. The minimum Gasteiger partial charge on any atom is -0.461 e. The highest BCUT2D eigenvalue weighted by Gasteiger charge is 2.08. The van der Waals surface area contributed by atoms with Gasteiger partial charge in [-0.25, -0.2) is 0 Å². The molecule has 0 spiro atoms. The Kier molecular flexibility index (Phi) is 4.45. The highest BCUT2D eigenvalue weighted by Crippen LogP contribution is 2.15. The maximum absolute atomic E-state index is 12.4. The first-order valence-electron chi connectivity index (χ1n) is 8.93. The Morgan fingerprint density at radius 1 is 0.815 bits per heavy atom. The zero-order chi connectivity index (χ0) is 19.0. The third-order valence-electron chi connectivity index (χ3n) is 4.62. The fraction of sp³-hybridized carbons (Fsp3) is 0.300. The summed E-state index contributed by atoms with van der Waals surface area (Å²) < 4.78 is 14.3. The van der Waals surface area contributed by atoms with E-state index in [4.69, 9.17) is 8.83 Å². The molecular formula is C20H21N3O4. The van der Waals surface area contributed by atoms with Crippen molar-refractivity contribution in [3.8, 4) is 0 Å². The number of aromatic nitrogens is 2. The van der Waals surface area contributed by atoms with Crippen LogP contribution < -0.4 is 16.4 Å². The Labute approximate surface area is 154 Å². The van der Waals surface area contributed by atoms with Crippen LogP contribution in [-0.2, 0) is 13.1 Å². The van der Waals surface area contributed by atoms with Gasteiger partial charge >= 0.3 is 0 Å². The summed E-state index contributed by atoms with van der Waals surface area (Å²) in [6.07, 6.45) is 3.49. The molecule has 0 unspecified atom stereocenters. The molecule has 4 heterocycles. The van der Waals surface area contributed by atoms with E-state index in [1.165, 1.54) is 0 Å². The first-order valence-corrected chi connectivity index (χ1v) is 8.93. The van der Waals surface area contributed by atoms with Gasteiger partial charge in [0.15, 0.2) is 0 Å². The predicted octanol–water partition coefficient (Wildman–Crippen LogP) is 2.41. The van der Waals surface area contributed by atoms with E-state index in [-0.39, 0.29) is 11.1 Å². The molecule has 27 heavy (non-hydrogen) atoms. The van der Waals surface area contributed by atoms with Crippen LogP contribution in [0.25, 0.3) is 21.9 Å². The van der Waals surface area contributed by atoms with E-state index >= 15 is 0 Å². The lowest BCUT2D eigenvalue weighted by Crippen LogP contribution is -2.30. The van der Waals surface area contributed by atoms with Crippen LogP contribution in [0.15, 0.2) is 55.1 Å². The molecule has 0 aliphatic carbocycles. The third-order valence-corrected chi connectivity index (χ3v) is 4.62. The van der Waals surface area contributed by atoms with Crippen LogP contribution in [0.1, 0.15) is 11.5 Å². The summed E-state index contributed by atoms with van der Waals surface area (Å²) in [5.41, 5.74) is 1.13. The predicted molar refractivity (Wildman–Crippen MR) is 103 cm³/mol. The van der Waals surface area contributed by atoms with E-state index in [1.54, 1.807) is 33.7 Å². The van der Waals surface area contributed by atoms with Crippen molar-refractivity contribution in [1.82, 2.24) is 14.5 Å². The fourth-order valence-electron chi connectivity index (χ4n) is 3.28. The van der Waals surface area contributed by atoms with Crippen LogP contribution in [-0.4, -0.2) is 22.2 Å². The molecule has 0 amide bonds. The Balaban J connectivity index is 1.36. The Morgan fingerprint density at radius 2 is 1.26 bits per heavy atom. The van der Waals surface area contributed by atoms with Crippen molar-refractivity contribution in [2.45, 2.75) is 26.9 Å². The van der Waals surface area contributed by atoms with Gasteiger partial charge in [0, 0.05) is 38.6 Å². The molecule has 7 heteroatoms. The molecular weight excluding hydrogens is 346 g/mol. The SMILES string of the molecule is Cc1cc2c(=O)n(CCNCCn3ccc4oc(C)cc4c3=O)ccc2o1. The molecule has 0 aliphatic rings. The number of pyridine rings is 2. The zero-order valence-electron chi connectivity index (χ0n) is 15.3. The van der Waals surface area contributed by atoms with E-state index in [9.17, 15) is 9.59 Å². The number of nitrogens with zero attached hydrogens (tertiary/aromatic N) is 2. The summed E-state index contributed by atoms with van der Waals surface area (Å²) >= 11 is 0. The molecule has 0 aliphatic heterocycles. The van der Waals surface area contributed by atoms with Gasteiger partial charge in [-0.1, -0.05) is 0 Å². The topological polar surface area (TPSA) is 82.3 Å². The first-order chi connectivity index (χ1) is 13.0. The maximum atomic E-state index is 12.4. The van der Waals surface area contributed by atoms with Gasteiger partial charge in [-0.3, -0.25) is 9.59 Å². The van der Waals surface area contributed by atoms with Gasteiger partial charge in [0.05, 0.1) is 10.8 Å². The fourth-order valence-corrected chi connectivity index (χ4v) is 3.28. The van der Waals surface area contributed by atoms with Crippen molar-refractivity contribution in [2.24, 2.45) is 0 Å². The molecule has 0 aromatic carbocycles. The first kappa shape index (κ1) is 17.4. The summed E-state index contributed by atoms with van der Waals surface area (Å²) in [6.45, 7) is 6.01. The standard InChI is InChI=1S/C20H21N3O4/c1-13-11-15-17(26-13)3-7-22(19(15)24)9-5-21-6-10-23-8-4-18-16(20(23)25)12-14(2)27-18/h3-4,7-8,11-12,21H,5-6,9-10H2,1-2H3. The van der Waals surface area contributed by atoms with Crippen LogP contribution in [0.4, 0.5) is 0 Å². The quantitative estimate of drug-likeness (QED) is 0.529. The molecule has 140 valence electrons. The average Bonchev–Trinajstić information content (AvgIpc) is 3.21. The lowest BCUT2D eigenvalue weighted by Gasteiger charge is -2.09. The van der Waals surface area contributed by atoms with E-state index in [0.29, 0.717) is 48.1 Å². The summed E-state index contributed by atoms with van der Waals surface area (Å²) in [7, 11) is 0. The van der Waals surface area contributed by atoms with Crippen LogP contribution in [0.2, 0.25) is 0 Å². The number of furan rings is 2. The molecule has 0 atom stereocenters. The lowest BCUT2D eigenvalue weighted by molar-refractivity contribution is 0.543. The van der Waals surface area contributed by atoms with Crippen LogP contribution in [0.3, 0.4) is 0 Å².